The lowest BCUT2D eigenvalue weighted by molar-refractivity contribution is -0.158. The van der Waals surface area contributed by atoms with Crippen molar-refractivity contribution in [1.29, 1.82) is 0 Å². The van der Waals surface area contributed by atoms with Crippen molar-refractivity contribution in [3.63, 3.8) is 0 Å². The Hall–Kier alpha value is -0.650. The molecule has 1 fully saturated rings. The Labute approximate surface area is 84.1 Å². The van der Waals surface area contributed by atoms with Crippen LogP contribution < -0.4 is 10.8 Å². The molecule has 0 aliphatic carbocycles. The average molecular weight is 202 g/mol. The van der Waals surface area contributed by atoms with E-state index in [-0.39, 0.29) is 11.5 Å². The zero-order chi connectivity index (χ0) is 10.6. The predicted octanol–water partition coefficient (Wildman–Crippen LogP) is -0.179. The molecular weight excluding hydrogens is 184 g/mol. The van der Waals surface area contributed by atoms with E-state index in [0.29, 0.717) is 13.2 Å². The lowest BCUT2D eigenvalue weighted by Crippen LogP contribution is -2.49. The second kappa shape index (κ2) is 4.72. The van der Waals surface area contributed by atoms with Crippen LogP contribution in [0.1, 0.15) is 20.8 Å². The van der Waals surface area contributed by atoms with E-state index in [4.69, 9.17) is 9.57 Å². The van der Waals surface area contributed by atoms with Gasteiger partial charge in [0.15, 0.2) is 6.10 Å². The van der Waals surface area contributed by atoms with Gasteiger partial charge in [0.1, 0.15) is 0 Å². The van der Waals surface area contributed by atoms with E-state index >= 15 is 0 Å². The molecule has 1 aliphatic heterocycles. The minimum Gasteiger partial charge on any atom is -0.366 e. The van der Waals surface area contributed by atoms with Gasteiger partial charge in [0, 0.05) is 13.1 Å². The summed E-state index contributed by atoms with van der Waals surface area (Å²) >= 11 is 0. The number of rotatable bonds is 2. The van der Waals surface area contributed by atoms with Gasteiger partial charge in [0.25, 0.3) is 5.91 Å². The van der Waals surface area contributed by atoms with Crippen molar-refractivity contribution >= 4 is 5.91 Å². The van der Waals surface area contributed by atoms with E-state index < -0.39 is 6.10 Å². The molecule has 0 spiro atoms. The van der Waals surface area contributed by atoms with Gasteiger partial charge in [-0.05, 0) is 20.8 Å². The zero-order valence-corrected chi connectivity index (χ0v) is 8.92. The number of hydrogen-bond donors (Lipinski definition) is 2. The Bertz CT molecular complexity index is 195. The van der Waals surface area contributed by atoms with Crippen molar-refractivity contribution in [2.75, 3.05) is 19.7 Å². The second-order valence-corrected chi connectivity index (χ2v) is 4.24. The average Bonchev–Trinajstić information content (AvgIpc) is 2.14. The van der Waals surface area contributed by atoms with E-state index in [2.05, 4.69) is 10.8 Å². The Morgan fingerprint density at radius 1 is 1.57 bits per heavy atom. The molecule has 1 saturated heterocycles. The molecule has 1 rings (SSSR count). The number of carbonyl (C=O) groups is 1. The maximum Gasteiger partial charge on any atom is 0.273 e. The van der Waals surface area contributed by atoms with Crippen LogP contribution in [-0.2, 0) is 14.4 Å². The van der Waals surface area contributed by atoms with E-state index in [1.807, 2.05) is 20.8 Å². The number of amides is 1. The molecule has 14 heavy (non-hydrogen) atoms. The fraction of sp³-hybridized carbons (Fsp3) is 0.889. The molecule has 2 N–H and O–H groups in total. The van der Waals surface area contributed by atoms with E-state index in [1.54, 1.807) is 0 Å². The minimum absolute atomic E-state index is 0.230. The maximum atomic E-state index is 11.4. The topological polar surface area (TPSA) is 59.6 Å². The van der Waals surface area contributed by atoms with Crippen LogP contribution in [0.5, 0.6) is 0 Å². The molecule has 1 aliphatic rings. The second-order valence-electron chi connectivity index (χ2n) is 4.24. The van der Waals surface area contributed by atoms with Crippen LogP contribution in [0.2, 0.25) is 0 Å². The fourth-order valence-corrected chi connectivity index (χ4v) is 1.00. The van der Waals surface area contributed by atoms with E-state index in [1.165, 1.54) is 0 Å². The summed E-state index contributed by atoms with van der Waals surface area (Å²) in [5, 5.41) is 3.07. The molecule has 0 radical (unpaired) electrons. The third-order valence-corrected chi connectivity index (χ3v) is 1.68. The molecule has 5 heteroatoms. The van der Waals surface area contributed by atoms with Gasteiger partial charge in [-0.2, -0.15) is 0 Å². The minimum atomic E-state index is -0.439. The van der Waals surface area contributed by atoms with Gasteiger partial charge in [-0.15, -0.1) is 0 Å². The number of morpholine rings is 1. The highest BCUT2D eigenvalue weighted by atomic mass is 16.7. The summed E-state index contributed by atoms with van der Waals surface area (Å²) in [6.07, 6.45) is -0.439. The first-order chi connectivity index (χ1) is 6.49. The van der Waals surface area contributed by atoms with Crippen molar-refractivity contribution < 1.29 is 14.4 Å². The van der Waals surface area contributed by atoms with Crippen LogP contribution in [0.3, 0.4) is 0 Å². The van der Waals surface area contributed by atoms with Crippen LogP contribution >= 0.6 is 0 Å². The highest BCUT2D eigenvalue weighted by molar-refractivity contribution is 5.80. The van der Waals surface area contributed by atoms with E-state index in [9.17, 15) is 4.79 Å². The van der Waals surface area contributed by atoms with Gasteiger partial charge in [-0.3, -0.25) is 9.63 Å². The van der Waals surface area contributed by atoms with Gasteiger partial charge in [-0.25, -0.2) is 5.48 Å². The fourth-order valence-electron chi connectivity index (χ4n) is 1.00. The lowest BCUT2D eigenvalue weighted by atomic mass is 10.2. The molecule has 1 heterocycles. The highest BCUT2D eigenvalue weighted by Crippen LogP contribution is 2.04. The summed E-state index contributed by atoms with van der Waals surface area (Å²) in [6, 6.07) is 0. The molecule has 1 amide bonds. The molecule has 5 nitrogen and oxygen atoms in total. The smallest absolute Gasteiger partial charge is 0.273 e. The Morgan fingerprint density at radius 3 is 2.79 bits per heavy atom. The normalized spacial score (nSPS) is 23.2. The SMILES string of the molecule is CC(C)(C)ONC(=O)C1CNCCO1. The predicted molar refractivity (Wildman–Crippen MR) is 51.6 cm³/mol. The first kappa shape index (κ1) is 11.4. The molecule has 82 valence electrons. The highest BCUT2D eigenvalue weighted by Gasteiger charge is 2.23. The Balaban J connectivity index is 2.27. The van der Waals surface area contributed by atoms with Crippen LogP contribution in [0.4, 0.5) is 0 Å². The first-order valence-corrected chi connectivity index (χ1v) is 4.79. The van der Waals surface area contributed by atoms with Crippen molar-refractivity contribution in [1.82, 2.24) is 10.8 Å². The van der Waals surface area contributed by atoms with Gasteiger partial charge >= 0.3 is 0 Å². The number of carbonyl (C=O) groups excluding carboxylic acids is 1. The van der Waals surface area contributed by atoms with Gasteiger partial charge in [-0.1, -0.05) is 0 Å². The van der Waals surface area contributed by atoms with Gasteiger partial charge < -0.3 is 10.1 Å². The number of ether oxygens (including phenoxy) is 1. The Kier molecular flexibility index (Phi) is 3.86. The summed E-state index contributed by atoms with van der Waals surface area (Å²) in [7, 11) is 0. The molecule has 0 bridgehead atoms. The lowest BCUT2D eigenvalue weighted by Gasteiger charge is -2.25. The number of hydroxylamine groups is 1. The number of hydrogen-bond acceptors (Lipinski definition) is 4. The molecule has 1 unspecified atom stereocenters. The molecule has 0 aromatic heterocycles. The summed E-state index contributed by atoms with van der Waals surface area (Å²) in [5.41, 5.74) is 2.01. The quantitative estimate of drug-likeness (QED) is 0.610. The van der Waals surface area contributed by atoms with Crippen LogP contribution in [0, 0.1) is 0 Å². The van der Waals surface area contributed by atoms with Crippen molar-refractivity contribution in [3.05, 3.63) is 0 Å². The van der Waals surface area contributed by atoms with E-state index in [0.717, 1.165) is 6.54 Å². The van der Waals surface area contributed by atoms with Crippen molar-refractivity contribution in [3.8, 4) is 0 Å². The van der Waals surface area contributed by atoms with Gasteiger partial charge in [0.05, 0.1) is 12.2 Å². The van der Waals surface area contributed by atoms with Gasteiger partial charge in [0.2, 0.25) is 0 Å². The van der Waals surface area contributed by atoms with Crippen LogP contribution in [0.25, 0.3) is 0 Å². The van der Waals surface area contributed by atoms with Crippen molar-refractivity contribution in [2.45, 2.75) is 32.5 Å². The maximum absolute atomic E-state index is 11.4. The third kappa shape index (κ3) is 4.04. The summed E-state index contributed by atoms with van der Waals surface area (Å²) < 4.78 is 5.25. The number of nitrogens with one attached hydrogen (secondary N) is 2. The molecular formula is C9H18N2O3. The first-order valence-electron chi connectivity index (χ1n) is 4.79. The van der Waals surface area contributed by atoms with Crippen molar-refractivity contribution in [2.24, 2.45) is 0 Å². The van der Waals surface area contributed by atoms with Crippen LogP contribution in [0.15, 0.2) is 0 Å². The summed E-state index contributed by atoms with van der Waals surface area (Å²) in [6.45, 7) is 7.50. The largest absolute Gasteiger partial charge is 0.366 e. The molecule has 1 atom stereocenters. The van der Waals surface area contributed by atoms with Crippen LogP contribution in [-0.4, -0.2) is 37.3 Å². The molecule has 0 saturated carbocycles. The summed E-state index contributed by atoms with van der Waals surface area (Å²) in [5.74, 6) is -0.230. The molecule has 0 aromatic rings. The monoisotopic (exact) mass is 202 g/mol. The molecule has 0 aromatic carbocycles. The zero-order valence-electron chi connectivity index (χ0n) is 8.92. The third-order valence-electron chi connectivity index (χ3n) is 1.68. The summed E-state index contributed by atoms with van der Waals surface area (Å²) in [4.78, 5) is 16.6. The Morgan fingerprint density at radius 2 is 2.29 bits per heavy atom. The standard InChI is InChI=1S/C9H18N2O3/c1-9(2,3)14-11-8(12)7-6-10-4-5-13-7/h7,10H,4-6H2,1-3H3,(H,11,12).